The number of alkyl halides is 3. The molecule has 1 aromatic carbocycles. The Morgan fingerprint density at radius 2 is 1.73 bits per heavy atom. The topological polar surface area (TPSA) is 17.1 Å². The highest BCUT2D eigenvalue weighted by Crippen LogP contribution is 2.40. The second-order valence-corrected chi connectivity index (χ2v) is 4.15. The molecule has 15 heavy (non-hydrogen) atoms. The summed E-state index contributed by atoms with van der Waals surface area (Å²) in [5.41, 5.74) is -1.62. The van der Waals surface area contributed by atoms with Gasteiger partial charge in [0, 0.05) is 8.95 Å². The zero-order valence-corrected chi connectivity index (χ0v) is 10.0. The summed E-state index contributed by atoms with van der Waals surface area (Å²) in [4.78, 5) is 10.4. The molecule has 0 amide bonds. The number of rotatable bonds is 1. The molecule has 0 fully saturated rings. The van der Waals surface area contributed by atoms with Crippen LogP contribution >= 0.6 is 31.9 Å². The second kappa shape index (κ2) is 4.21. The number of carbonyl (C=O) groups excluding carboxylic acids is 1. The molecule has 0 bridgehead atoms. The molecule has 0 saturated carbocycles. The zero-order valence-electron chi connectivity index (χ0n) is 6.83. The van der Waals surface area contributed by atoms with Crippen molar-refractivity contribution < 1.29 is 22.4 Å². The van der Waals surface area contributed by atoms with Gasteiger partial charge in [0.15, 0.2) is 6.29 Å². The molecule has 0 aliphatic heterocycles. The van der Waals surface area contributed by atoms with Crippen LogP contribution < -0.4 is 0 Å². The van der Waals surface area contributed by atoms with Gasteiger partial charge in [-0.1, -0.05) is 0 Å². The van der Waals surface area contributed by atoms with E-state index in [1.54, 1.807) is 0 Å². The lowest BCUT2D eigenvalue weighted by Gasteiger charge is -2.11. The van der Waals surface area contributed by atoms with E-state index < -0.39 is 27.6 Å². The van der Waals surface area contributed by atoms with Crippen LogP contribution in [-0.4, -0.2) is 6.29 Å². The molecule has 1 rings (SSSR count). The van der Waals surface area contributed by atoms with Crippen LogP contribution in [0.3, 0.4) is 0 Å². The highest BCUT2D eigenvalue weighted by atomic mass is 79.9. The van der Waals surface area contributed by atoms with E-state index in [4.69, 9.17) is 0 Å². The Bertz CT molecular complexity index is 414. The molecule has 0 unspecified atom stereocenters. The predicted molar refractivity (Wildman–Crippen MR) is 52.2 cm³/mol. The summed E-state index contributed by atoms with van der Waals surface area (Å²) in [5, 5.41) is 0. The molecule has 1 aromatic rings. The quantitative estimate of drug-likeness (QED) is 0.422. The van der Waals surface area contributed by atoms with Crippen molar-refractivity contribution in [1.82, 2.24) is 0 Å². The first-order chi connectivity index (χ1) is 6.79. The maximum absolute atomic E-state index is 13.0. The molecule has 0 radical (unpaired) electrons. The van der Waals surface area contributed by atoms with E-state index in [0.717, 1.165) is 0 Å². The summed E-state index contributed by atoms with van der Waals surface area (Å²) in [6.45, 7) is 0. The highest BCUT2D eigenvalue weighted by molar-refractivity contribution is 9.13. The van der Waals surface area contributed by atoms with Crippen molar-refractivity contribution >= 4 is 38.1 Å². The lowest BCUT2D eigenvalue weighted by atomic mass is 10.1. The van der Waals surface area contributed by atoms with Gasteiger partial charge in [-0.15, -0.1) is 0 Å². The minimum atomic E-state index is -4.68. The lowest BCUT2D eigenvalue weighted by molar-refractivity contribution is -0.138. The van der Waals surface area contributed by atoms with Crippen molar-refractivity contribution in [2.45, 2.75) is 6.18 Å². The van der Waals surface area contributed by atoms with Gasteiger partial charge in [-0.25, -0.2) is 4.39 Å². The van der Waals surface area contributed by atoms with Gasteiger partial charge in [0.2, 0.25) is 0 Å². The van der Waals surface area contributed by atoms with Crippen LogP contribution in [-0.2, 0) is 6.18 Å². The molecule has 0 saturated heterocycles. The largest absolute Gasteiger partial charge is 0.417 e. The number of carbonyl (C=O) groups is 1. The summed E-state index contributed by atoms with van der Waals surface area (Å²) in [6.07, 6.45) is -4.53. The van der Waals surface area contributed by atoms with E-state index >= 15 is 0 Å². The molecule has 0 N–H and O–H groups in total. The van der Waals surface area contributed by atoms with Crippen LogP contribution in [0, 0.1) is 5.82 Å². The first-order valence-corrected chi connectivity index (χ1v) is 5.07. The summed E-state index contributed by atoms with van der Waals surface area (Å²) < 4.78 is 49.4. The number of halogens is 6. The van der Waals surface area contributed by atoms with Crippen LogP contribution in [0.15, 0.2) is 15.0 Å². The fraction of sp³-hybridized carbons (Fsp3) is 0.125. The van der Waals surface area contributed by atoms with Gasteiger partial charge in [0.05, 0.1) is 11.1 Å². The van der Waals surface area contributed by atoms with Crippen molar-refractivity contribution in [3.05, 3.63) is 32.0 Å². The molecule has 82 valence electrons. The molecular weight excluding hydrogens is 348 g/mol. The van der Waals surface area contributed by atoms with Crippen LogP contribution in [0.1, 0.15) is 15.9 Å². The minimum absolute atomic E-state index is 0.143. The minimum Gasteiger partial charge on any atom is -0.298 e. The van der Waals surface area contributed by atoms with Crippen molar-refractivity contribution in [3.8, 4) is 0 Å². The molecular formula is C8H2Br2F4O. The normalized spacial score (nSPS) is 11.6. The van der Waals surface area contributed by atoms with Crippen LogP contribution in [0.5, 0.6) is 0 Å². The van der Waals surface area contributed by atoms with Gasteiger partial charge in [-0.2, -0.15) is 13.2 Å². The summed E-state index contributed by atoms with van der Waals surface area (Å²) >= 11 is 5.37. The molecule has 0 atom stereocenters. The predicted octanol–water partition coefficient (Wildman–Crippen LogP) is 4.18. The molecule has 0 spiro atoms. The van der Waals surface area contributed by atoms with Crippen molar-refractivity contribution in [3.63, 3.8) is 0 Å². The summed E-state index contributed by atoms with van der Waals surface area (Å²) in [6, 6.07) is 0.276. The molecule has 1 nitrogen and oxygen atoms in total. The van der Waals surface area contributed by atoms with E-state index in [2.05, 4.69) is 31.9 Å². The Balaban J connectivity index is 3.55. The van der Waals surface area contributed by atoms with Crippen LogP contribution in [0.4, 0.5) is 17.6 Å². The first-order valence-electron chi connectivity index (χ1n) is 3.49. The van der Waals surface area contributed by atoms with E-state index in [1.807, 2.05) is 0 Å². The third-order valence-electron chi connectivity index (χ3n) is 1.62. The fourth-order valence-corrected chi connectivity index (χ4v) is 1.97. The zero-order chi connectivity index (χ0) is 11.8. The van der Waals surface area contributed by atoms with Crippen molar-refractivity contribution in [2.75, 3.05) is 0 Å². The number of hydrogen-bond donors (Lipinski definition) is 0. The average molecular weight is 350 g/mol. The second-order valence-electron chi connectivity index (χ2n) is 2.56. The van der Waals surface area contributed by atoms with E-state index in [0.29, 0.717) is 0 Å². The number of aldehydes is 1. The average Bonchev–Trinajstić information content (AvgIpc) is 2.10. The molecule has 0 aliphatic rings. The Morgan fingerprint density at radius 1 is 1.20 bits per heavy atom. The Hall–Kier alpha value is -0.430. The monoisotopic (exact) mass is 348 g/mol. The Kier molecular flexibility index (Phi) is 3.55. The standard InChI is InChI=1S/C8H2Br2F4O/c9-6-3(2-15)5(11)1-4(7(6)10)8(12,13)14/h1-2H. The Morgan fingerprint density at radius 3 is 2.13 bits per heavy atom. The fourth-order valence-electron chi connectivity index (χ4n) is 0.923. The van der Waals surface area contributed by atoms with E-state index in [-0.39, 0.29) is 16.8 Å². The third kappa shape index (κ3) is 2.39. The maximum atomic E-state index is 13.0. The van der Waals surface area contributed by atoms with Gasteiger partial charge in [0.1, 0.15) is 5.82 Å². The van der Waals surface area contributed by atoms with Gasteiger partial charge in [-0.05, 0) is 37.9 Å². The van der Waals surface area contributed by atoms with Gasteiger partial charge in [0.25, 0.3) is 0 Å². The van der Waals surface area contributed by atoms with Gasteiger partial charge < -0.3 is 0 Å². The first kappa shape index (κ1) is 12.6. The third-order valence-corrected chi connectivity index (χ3v) is 3.80. The Labute approximate surface area is 98.7 Å². The summed E-state index contributed by atoms with van der Waals surface area (Å²) in [7, 11) is 0. The van der Waals surface area contributed by atoms with Crippen LogP contribution in [0.25, 0.3) is 0 Å². The molecule has 0 heterocycles. The number of hydrogen-bond acceptors (Lipinski definition) is 1. The summed E-state index contributed by atoms with van der Waals surface area (Å²) in [5.74, 6) is -1.22. The SMILES string of the molecule is O=Cc1c(F)cc(C(F)(F)F)c(Br)c1Br. The molecule has 7 heteroatoms. The van der Waals surface area contributed by atoms with E-state index in [9.17, 15) is 22.4 Å². The van der Waals surface area contributed by atoms with E-state index in [1.165, 1.54) is 0 Å². The highest BCUT2D eigenvalue weighted by Gasteiger charge is 2.35. The van der Waals surface area contributed by atoms with Crippen LogP contribution in [0.2, 0.25) is 0 Å². The molecule has 0 aliphatic carbocycles. The lowest BCUT2D eigenvalue weighted by Crippen LogP contribution is -2.08. The smallest absolute Gasteiger partial charge is 0.298 e. The maximum Gasteiger partial charge on any atom is 0.417 e. The van der Waals surface area contributed by atoms with Crippen molar-refractivity contribution in [1.29, 1.82) is 0 Å². The van der Waals surface area contributed by atoms with Gasteiger partial charge in [-0.3, -0.25) is 4.79 Å². The number of benzene rings is 1. The van der Waals surface area contributed by atoms with Gasteiger partial charge >= 0.3 is 6.18 Å². The molecule has 0 aromatic heterocycles. The van der Waals surface area contributed by atoms with Crippen molar-refractivity contribution in [2.24, 2.45) is 0 Å².